The standard InChI is InChI=1S/C15H26N2OS/c1-3-14-5-6-15(19-14)13(2)16-7-4-8-17-9-11-18-12-10-17/h5-6,13,16H,3-4,7-12H2,1-2H3. The van der Waals surface area contributed by atoms with E-state index in [1.165, 1.54) is 22.7 Å². The van der Waals surface area contributed by atoms with Gasteiger partial charge in [0, 0.05) is 28.9 Å². The second-order valence-corrected chi connectivity index (χ2v) is 6.34. The van der Waals surface area contributed by atoms with Crippen molar-refractivity contribution in [2.75, 3.05) is 39.4 Å². The molecule has 1 aliphatic heterocycles. The molecule has 1 saturated heterocycles. The molecular weight excluding hydrogens is 256 g/mol. The third kappa shape index (κ3) is 4.88. The highest BCUT2D eigenvalue weighted by atomic mass is 32.1. The van der Waals surface area contributed by atoms with Crippen molar-refractivity contribution in [1.29, 1.82) is 0 Å². The van der Waals surface area contributed by atoms with E-state index in [-0.39, 0.29) is 0 Å². The summed E-state index contributed by atoms with van der Waals surface area (Å²) in [6.07, 6.45) is 2.37. The van der Waals surface area contributed by atoms with E-state index in [4.69, 9.17) is 4.74 Å². The van der Waals surface area contributed by atoms with Crippen LogP contribution in [0.25, 0.3) is 0 Å². The molecule has 1 N–H and O–H groups in total. The molecule has 0 bridgehead atoms. The van der Waals surface area contributed by atoms with Gasteiger partial charge in [0.1, 0.15) is 0 Å². The molecule has 4 heteroatoms. The first-order valence-electron chi connectivity index (χ1n) is 7.41. The third-order valence-corrected chi connectivity index (χ3v) is 5.08. The largest absolute Gasteiger partial charge is 0.379 e. The Morgan fingerprint density at radius 2 is 2.16 bits per heavy atom. The van der Waals surface area contributed by atoms with Crippen LogP contribution in [0, 0.1) is 0 Å². The summed E-state index contributed by atoms with van der Waals surface area (Å²) >= 11 is 1.94. The smallest absolute Gasteiger partial charge is 0.0594 e. The van der Waals surface area contributed by atoms with Crippen molar-refractivity contribution in [3.63, 3.8) is 0 Å². The summed E-state index contributed by atoms with van der Waals surface area (Å²) in [6, 6.07) is 5.00. The summed E-state index contributed by atoms with van der Waals surface area (Å²) in [5.41, 5.74) is 0. The second-order valence-electron chi connectivity index (χ2n) is 5.14. The summed E-state index contributed by atoms with van der Waals surface area (Å²) < 4.78 is 5.36. The Balaban J connectivity index is 1.61. The van der Waals surface area contributed by atoms with Crippen LogP contribution in [0.15, 0.2) is 12.1 Å². The molecule has 0 spiro atoms. The van der Waals surface area contributed by atoms with E-state index in [0.717, 1.165) is 39.3 Å². The summed E-state index contributed by atoms with van der Waals surface area (Å²) in [6.45, 7) is 10.8. The highest BCUT2D eigenvalue weighted by molar-refractivity contribution is 7.12. The van der Waals surface area contributed by atoms with E-state index in [1.54, 1.807) is 0 Å². The predicted octanol–water partition coefficient (Wildman–Crippen LogP) is 2.68. The van der Waals surface area contributed by atoms with E-state index >= 15 is 0 Å². The van der Waals surface area contributed by atoms with Crippen molar-refractivity contribution in [2.24, 2.45) is 0 Å². The van der Waals surface area contributed by atoms with Crippen LogP contribution in [0.5, 0.6) is 0 Å². The van der Waals surface area contributed by atoms with Crippen LogP contribution < -0.4 is 5.32 Å². The molecule has 1 aliphatic rings. The SMILES string of the molecule is CCc1ccc(C(C)NCCCN2CCOCC2)s1. The Labute approximate surface area is 121 Å². The number of nitrogens with one attached hydrogen (secondary N) is 1. The van der Waals surface area contributed by atoms with Crippen LogP contribution in [0.2, 0.25) is 0 Å². The Hall–Kier alpha value is -0.420. The van der Waals surface area contributed by atoms with Gasteiger partial charge >= 0.3 is 0 Å². The summed E-state index contributed by atoms with van der Waals surface area (Å²) in [4.78, 5) is 5.44. The van der Waals surface area contributed by atoms with E-state index in [0.29, 0.717) is 6.04 Å². The zero-order valence-electron chi connectivity index (χ0n) is 12.2. The summed E-state index contributed by atoms with van der Waals surface area (Å²) in [5.74, 6) is 0. The molecule has 2 heterocycles. The maximum Gasteiger partial charge on any atom is 0.0594 e. The second kappa shape index (κ2) is 8.00. The number of ether oxygens (including phenoxy) is 1. The van der Waals surface area contributed by atoms with Gasteiger partial charge in [0.15, 0.2) is 0 Å². The van der Waals surface area contributed by atoms with E-state index in [2.05, 4.69) is 36.2 Å². The number of rotatable bonds is 7. The fourth-order valence-corrected chi connectivity index (χ4v) is 3.34. The fourth-order valence-electron chi connectivity index (χ4n) is 2.36. The van der Waals surface area contributed by atoms with Gasteiger partial charge in [-0.15, -0.1) is 11.3 Å². The van der Waals surface area contributed by atoms with Gasteiger partial charge in [0.2, 0.25) is 0 Å². The van der Waals surface area contributed by atoms with Crippen molar-refractivity contribution in [3.05, 3.63) is 21.9 Å². The van der Waals surface area contributed by atoms with Gasteiger partial charge in [0.05, 0.1) is 13.2 Å². The lowest BCUT2D eigenvalue weighted by Gasteiger charge is -2.26. The molecule has 0 saturated carbocycles. The number of hydrogen-bond donors (Lipinski definition) is 1. The van der Waals surface area contributed by atoms with E-state index in [9.17, 15) is 0 Å². The number of thiophene rings is 1. The van der Waals surface area contributed by atoms with Crippen LogP contribution in [0.1, 0.15) is 36.1 Å². The first-order chi connectivity index (χ1) is 9.29. The maximum absolute atomic E-state index is 5.36. The van der Waals surface area contributed by atoms with Gasteiger partial charge in [-0.05, 0) is 45.0 Å². The highest BCUT2D eigenvalue weighted by Crippen LogP contribution is 2.23. The molecule has 1 unspecified atom stereocenters. The predicted molar refractivity (Wildman–Crippen MR) is 82.0 cm³/mol. The molecule has 2 rings (SSSR count). The lowest BCUT2D eigenvalue weighted by atomic mass is 10.2. The first kappa shape index (κ1) is 15.0. The molecule has 0 amide bonds. The molecule has 1 aromatic rings. The van der Waals surface area contributed by atoms with Crippen molar-refractivity contribution >= 4 is 11.3 Å². The van der Waals surface area contributed by atoms with Crippen LogP contribution >= 0.6 is 11.3 Å². The lowest BCUT2D eigenvalue weighted by Crippen LogP contribution is -2.37. The minimum Gasteiger partial charge on any atom is -0.379 e. The molecule has 1 fully saturated rings. The molecular formula is C15H26N2OS. The van der Waals surface area contributed by atoms with Gasteiger partial charge in [-0.2, -0.15) is 0 Å². The van der Waals surface area contributed by atoms with Gasteiger partial charge in [-0.25, -0.2) is 0 Å². The highest BCUT2D eigenvalue weighted by Gasteiger charge is 2.10. The molecule has 0 aliphatic carbocycles. The lowest BCUT2D eigenvalue weighted by molar-refractivity contribution is 0.0374. The average molecular weight is 282 g/mol. The molecule has 108 valence electrons. The Morgan fingerprint density at radius 3 is 2.84 bits per heavy atom. The van der Waals surface area contributed by atoms with Crippen LogP contribution in [0.4, 0.5) is 0 Å². The normalized spacial score (nSPS) is 18.6. The number of nitrogens with zero attached hydrogens (tertiary/aromatic N) is 1. The zero-order chi connectivity index (χ0) is 13.5. The molecule has 19 heavy (non-hydrogen) atoms. The van der Waals surface area contributed by atoms with Crippen molar-refractivity contribution in [2.45, 2.75) is 32.7 Å². The van der Waals surface area contributed by atoms with E-state index in [1.807, 2.05) is 11.3 Å². The molecule has 1 aromatic heterocycles. The van der Waals surface area contributed by atoms with E-state index < -0.39 is 0 Å². The van der Waals surface area contributed by atoms with Crippen LogP contribution in [-0.4, -0.2) is 44.3 Å². The average Bonchev–Trinajstić information content (AvgIpc) is 2.93. The number of hydrogen-bond acceptors (Lipinski definition) is 4. The number of aryl methyl sites for hydroxylation is 1. The van der Waals surface area contributed by atoms with Crippen LogP contribution in [0.3, 0.4) is 0 Å². The van der Waals surface area contributed by atoms with Gasteiger partial charge in [-0.1, -0.05) is 6.92 Å². The Kier molecular flexibility index (Phi) is 6.31. The minimum absolute atomic E-state index is 0.481. The fraction of sp³-hybridized carbons (Fsp3) is 0.733. The van der Waals surface area contributed by atoms with Crippen molar-refractivity contribution in [3.8, 4) is 0 Å². The minimum atomic E-state index is 0.481. The first-order valence-corrected chi connectivity index (χ1v) is 8.23. The monoisotopic (exact) mass is 282 g/mol. The Morgan fingerprint density at radius 1 is 1.37 bits per heavy atom. The number of morpholine rings is 1. The van der Waals surface area contributed by atoms with Gasteiger partial charge < -0.3 is 10.1 Å². The Bertz CT molecular complexity index is 361. The summed E-state index contributed by atoms with van der Waals surface area (Å²) in [5, 5.41) is 3.63. The quantitative estimate of drug-likeness (QED) is 0.778. The molecule has 3 nitrogen and oxygen atoms in total. The van der Waals surface area contributed by atoms with Crippen molar-refractivity contribution in [1.82, 2.24) is 10.2 Å². The van der Waals surface area contributed by atoms with Crippen molar-refractivity contribution < 1.29 is 4.74 Å². The third-order valence-electron chi connectivity index (χ3n) is 3.66. The zero-order valence-corrected chi connectivity index (χ0v) is 13.0. The topological polar surface area (TPSA) is 24.5 Å². The summed E-state index contributed by atoms with van der Waals surface area (Å²) in [7, 11) is 0. The molecule has 1 atom stereocenters. The van der Waals surface area contributed by atoms with Gasteiger partial charge in [0.25, 0.3) is 0 Å². The van der Waals surface area contributed by atoms with Crippen LogP contribution in [-0.2, 0) is 11.2 Å². The molecule has 0 aromatic carbocycles. The maximum atomic E-state index is 5.36. The molecule has 0 radical (unpaired) electrons. The van der Waals surface area contributed by atoms with Gasteiger partial charge in [-0.3, -0.25) is 4.90 Å².